The number of carbonyl (C=O) groups excluding carboxylic acids is 3. The van der Waals surface area contributed by atoms with Gasteiger partial charge in [0.2, 0.25) is 5.91 Å². The SMILES string of the molecule is CC1(C)CC(=O)CC(=NNC(=O)c2ccc(NC(=O)C3CC3)cc2)C1. The van der Waals surface area contributed by atoms with Gasteiger partial charge in [0, 0.05) is 35.7 Å². The van der Waals surface area contributed by atoms with Gasteiger partial charge in [-0.3, -0.25) is 14.4 Å². The molecule has 0 aromatic heterocycles. The fourth-order valence-electron chi connectivity index (χ4n) is 3.07. The second kappa shape index (κ2) is 6.78. The van der Waals surface area contributed by atoms with Gasteiger partial charge < -0.3 is 5.32 Å². The van der Waals surface area contributed by atoms with Crippen LogP contribution in [0.15, 0.2) is 29.4 Å². The van der Waals surface area contributed by atoms with Crippen LogP contribution in [0, 0.1) is 11.3 Å². The third-order valence-corrected chi connectivity index (χ3v) is 4.44. The lowest BCUT2D eigenvalue weighted by molar-refractivity contribution is -0.120. The lowest BCUT2D eigenvalue weighted by atomic mass is 9.76. The Bertz CT molecular complexity index is 731. The molecule has 0 bridgehead atoms. The summed E-state index contributed by atoms with van der Waals surface area (Å²) in [5.74, 6) is -0.00200. The molecular weight excluding hydrogens is 318 g/mol. The van der Waals surface area contributed by atoms with Crippen molar-refractivity contribution in [2.24, 2.45) is 16.4 Å². The van der Waals surface area contributed by atoms with Crippen molar-refractivity contribution in [2.45, 2.75) is 46.0 Å². The molecule has 0 heterocycles. The molecule has 6 nitrogen and oxygen atoms in total. The predicted octanol–water partition coefficient (Wildman–Crippen LogP) is 2.90. The standard InChI is InChI=1S/C19H23N3O3/c1-19(2)10-15(9-16(23)11-19)21-22-18(25)13-5-7-14(8-6-13)20-17(24)12-3-4-12/h5-8,12H,3-4,9-11H2,1-2H3,(H,20,24)(H,22,25). The summed E-state index contributed by atoms with van der Waals surface area (Å²) >= 11 is 0. The zero-order chi connectivity index (χ0) is 18.0. The first-order chi connectivity index (χ1) is 11.8. The number of anilines is 1. The lowest BCUT2D eigenvalue weighted by Crippen LogP contribution is -2.31. The number of amides is 2. The Morgan fingerprint density at radius 2 is 1.80 bits per heavy atom. The van der Waals surface area contributed by atoms with E-state index in [4.69, 9.17) is 0 Å². The van der Waals surface area contributed by atoms with Crippen LogP contribution >= 0.6 is 0 Å². The van der Waals surface area contributed by atoms with Crippen molar-refractivity contribution in [3.05, 3.63) is 29.8 Å². The van der Waals surface area contributed by atoms with Crippen LogP contribution < -0.4 is 10.7 Å². The molecule has 2 amide bonds. The minimum absolute atomic E-state index is 0.0354. The molecule has 0 radical (unpaired) electrons. The average Bonchev–Trinajstić information content (AvgIpc) is 3.36. The van der Waals surface area contributed by atoms with E-state index < -0.39 is 0 Å². The summed E-state index contributed by atoms with van der Waals surface area (Å²) in [6.07, 6.45) is 3.45. The van der Waals surface area contributed by atoms with Gasteiger partial charge in [0.25, 0.3) is 5.91 Å². The molecule has 2 aliphatic carbocycles. The van der Waals surface area contributed by atoms with Gasteiger partial charge in [-0.05, 0) is 48.9 Å². The summed E-state index contributed by atoms with van der Waals surface area (Å²) in [7, 11) is 0. The maximum Gasteiger partial charge on any atom is 0.271 e. The van der Waals surface area contributed by atoms with E-state index in [1.165, 1.54) is 0 Å². The number of carbonyl (C=O) groups is 3. The van der Waals surface area contributed by atoms with Gasteiger partial charge in [-0.25, -0.2) is 5.43 Å². The van der Waals surface area contributed by atoms with Gasteiger partial charge in [0.15, 0.2) is 0 Å². The van der Waals surface area contributed by atoms with Crippen molar-refractivity contribution in [1.29, 1.82) is 0 Å². The molecule has 1 aromatic rings. The molecule has 6 heteroatoms. The number of nitrogens with one attached hydrogen (secondary N) is 2. The highest BCUT2D eigenvalue weighted by Gasteiger charge is 2.31. The number of nitrogens with zero attached hydrogens (tertiary/aromatic N) is 1. The number of ketones is 1. The minimum atomic E-state index is -0.330. The molecule has 25 heavy (non-hydrogen) atoms. The molecule has 1 aromatic carbocycles. The number of hydrogen-bond acceptors (Lipinski definition) is 4. The topological polar surface area (TPSA) is 87.6 Å². The molecule has 3 rings (SSSR count). The van der Waals surface area contributed by atoms with Crippen LogP contribution in [0.2, 0.25) is 0 Å². The Kier molecular flexibility index (Phi) is 4.70. The van der Waals surface area contributed by atoms with Gasteiger partial charge in [0.05, 0.1) is 0 Å². The maximum atomic E-state index is 12.2. The Morgan fingerprint density at radius 1 is 1.12 bits per heavy atom. The summed E-state index contributed by atoms with van der Waals surface area (Å²) < 4.78 is 0. The van der Waals surface area contributed by atoms with Crippen molar-refractivity contribution >= 4 is 29.0 Å². The highest BCUT2D eigenvalue weighted by molar-refractivity contribution is 6.05. The number of rotatable bonds is 4. The molecule has 0 atom stereocenters. The van der Waals surface area contributed by atoms with Crippen LogP contribution in [-0.2, 0) is 9.59 Å². The van der Waals surface area contributed by atoms with Crippen LogP contribution in [0.4, 0.5) is 5.69 Å². The summed E-state index contributed by atoms with van der Waals surface area (Å²) in [6.45, 7) is 4.05. The van der Waals surface area contributed by atoms with Crippen LogP contribution in [0.1, 0.15) is 56.3 Å². The monoisotopic (exact) mass is 341 g/mol. The van der Waals surface area contributed by atoms with E-state index in [-0.39, 0.29) is 28.9 Å². The molecule has 2 saturated carbocycles. The van der Waals surface area contributed by atoms with Gasteiger partial charge in [0.1, 0.15) is 5.78 Å². The predicted molar refractivity (Wildman–Crippen MR) is 95.3 cm³/mol. The minimum Gasteiger partial charge on any atom is -0.326 e. The fourth-order valence-corrected chi connectivity index (χ4v) is 3.07. The number of benzene rings is 1. The zero-order valence-electron chi connectivity index (χ0n) is 14.6. The first-order valence-corrected chi connectivity index (χ1v) is 8.61. The first kappa shape index (κ1) is 17.3. The number of hydrogen-bond donors (Lipinski definition) is 2. The molecule has 0 unspecified atom stereocenters. The van der Waals surface area contributed by atoms with Gasteiger partial charge in [-0.15, -0.1) is 0 Å². The number of Topliss-reactive ketones (excluding diaryl/α,β-unsaturated/α-hetero) is 1. The van der Waals surface area contributed by atoms with Crippen molar-refractivity contribution in [2.75, 3.05) is 5.32 Å². The van der Waals surface area contributed by atoms with E-state index >= 15 is 0 Å². The van der Waals surface area contributed by atoms with E-state index in [9.17, 15) is 14.4 Å². The third-order valence-electron chi connectivity index (χ3n) is 4.44. The second-order valence-electron chi connectivity index (χ2n) is 7.69. The number of hydrazone groups is 1. The normalized spacial score (nSPS) is 21.0. The van der Waals surface area contributed by atoms with Crippen LogP contribution in [-0.4, -0.2) is 23.3 Å². The van der Waals surface area contributed by atoms with E-state index in [0.717, 1.165) is 12.8 Å². The summed E-state index contributed by atoms with van der Waals surface area (Å²) in [5.41, 5.74) is 4.26. The van der Waals surface area contributed by atoms with Gasteiger partial charge in [-0.2, -0.15) is 5.10 Å². The Labute approximate surface area is 147 Å². The third kappa shape index (κ3) is 4.75. The molecule has 0 spiro atoms. The second-order valence-corrected chi connectivity index (χ2v) is 7.69. The average molecular weight is 341 g/mol. The van der Waals surface area contributed by atoms with Gasteiger partial charge >= 0.3 is 0 Å². The Morgan fingerprint density at radius 3 is 2.40 bits per heavy atom. The summed E-state index contributed by atoms with van der Waals surface area (Å²) in [6, 6.07) is 6.70. The molecule has 0 saturated heterocycles. The summed E-state index contributed by atoms with van der Waals surface area (Å²) in [4.78, 5) is 35.7. The molecule has 2 fully saturated rings. The van der Waals surface area contributed by atoms with Crippen molar-refractivity contribution < 1.29 is 14.4 Å². The van der Waals surface area contributed by atoms with E-state index in [2.05, 4.69) is 15.8 Å². The molecule has 132 valence electrons. The van der Waals surface area contributed by atoms with Crippen molar-refractivity contribution in [3.63, 3.8) is 0 Å². The van der Waals surface area contributed by atoms with E-state index in [0.29, 0.717) is 36.2 Å². The van der Waals surface area contributed by atoms with Crippen LogP contribution in [0.3, 0.4) is 0 Å². The summed E-state index contributed by atoms with van der Waals surface area (Å²) in [5, 5.41) is 6.97. The lowest BCUT2D eigenvalue weighted by Gasteiger charge is -2.28. The van der Waals surface area contributed by atoms with E-state index in [1.807, 2.05) is 13.8 Å². The Hall–Kier alpha value is -2.50. The highest BCUT2D eigenvalue weighted by atomic mass is 16.2. The van der Waals surface area contributed by atoms with E-state index in [1.54, 1.807) is 24.3 Å². The molecule has 0 aliphatic heterocycles. The van der Waals surface area contributed by atoms with Crippen molar-refractivity contribution in [3.8, 4) is 0 Å². The smallest absolute Gasteiger partial charge is 0.271 e. The largest absolute Gasteiger partial charge is 0.326 e. The quantitative estimate of drug-likeness (QED) is 0.826. The first-order valence-electron chi connectivity index (χ1n) is 8.61. The zero-order valence-corrected chi connectivity index (χ0v) is 14.6. The van der Waals surface area contributed by atoms with Crippen LogP contribution in [0.5, 0.6) is 0 Å². The maximum absolute atomic E-state index is 12.2. The van der Waals surface area contributed by atoms with Crippen LogP contribution in [0.25, 0.3) is 0 Å². The highest BCUT2D eigenvalue weighted by Crippen LogP contribution is 2.32. The Balaban J connectivity index is 1.58. The fraction of sp³-hybridized carbons (Fsp3) is 0.474. The molecule has 2 N–H and O–H groups in total. The molecular formula is C19H23N3O3. The molecule has 2 aliphatic rings. The van der Waals surface area contributed by atoms with Crippen molar-refractivity contribution in [1.82, 2.24) is 5.43 Å². The van der Waals surface area contributed by atoms with Gasteiger partial charge in [-0.1, -0.05) is 13.8 Å².